The topological polar surface area (TPSA) is 23.5 Å². The fourth-order valence-electron chi connectivity index (χ4n) is 2.90. The zero-order valence-electron chi connectivity index (χ0n) is 12.7. The lowest BCUT2D eigenvalue weighted by Gasteiger charge is -2.29. The van der Waals surface area contributed by atoms with Gasteiger partial charge in [0.15, 0.2) is 0 Å². The Bertz CT molecular complexity index is 199. The minimum Gasteiger partial charge on any atom is -0.393 e. The van der Waals surface area contributed by atoms with Gasteiger partial charge in [0.25, 0.3) is 0 Å². The highest BCUT2D eigenvalue weighted by atomic mass is 16.3. The molecule has 0 aromatic carbocycles. The van der Waals surface area contributed by atoms with Gasteiger partial charge in [-0.2, -0.15) is 0 Å². The molecule has 1 atom stereocenters. The van der Waals surface area contributed by atoms with Gasteiger partial charge in [-0.25, -0.2) is 0 Å². The molecule has 0 bridgehead atoms. The first kappa shape index (κ1) is 16.0. The number of nitrogens with zero attached hydrogens (tertiary/aromatic N) is 1. The van der Waals surface area contributed by atoms with Gasteiger partial charge in [-0.3, -0.25) is 0 Å². The predicted octanol–water partition coefficient (Wildman–Crippen LogP) is 3.83. The molecule has 0 heterocycles. The number of aliphatic hydroxyl groups is 1. The monoisotopic (exact) mass is 255 g/mol. The van der Waals surface area contributed by atoms with Crippen molar-refractivity contribution >= 4 is 0 Å². The van der Waals surface area contributed by atoms with Crippen molar-refractivity contribution in [3.05, 3.63) is 0 Å². The summed E-state index contributed by atoms with van der Waals surface area (Å²) in [6.07, 6.45) is 9.89. The van der Waals surface area contributed by atoms with Crippen LogP contribution in [0.4, 0.5) is 0 Å². The fourth-order valence-corrected chi connectivity index (χ4v) is 2.90. The Morgan fingerprint density at radius 1 is 1.11 bits per heavy atom. The van der Waals surface area contributed by atoms with Crippen LogP contribution in [-0.2, 0) is 0 Å². The molecule has 2 nitrogen and oxygen atoms in total. The molecule has 0 aliphatic heterocycles. The second kappa shape index (κ2) is 8.92. The van der Waals surface area contributed by atoms with Crippen molar-refractivity contribution in [2.45, 2.75) is 84.3 Å². The molecule has 1 N–H and O–H groups in total. The smallest absolute Gasteiger partial charge is 0.0538 e. The first-order chi connectivity index (χ1) is 8.63. The van der Waals surface area contributed by atoms with Crippen LogP contribution in [-0.4, -0.2) is 35.2 Å². The minimum absolute atomic E-state index is 0.0828. The van der Waals surface area contributed by atoms with Crippen LogP contribution in [0.3, 0.4) is 0 Å². The number of hydrogen-bond acceptors (Lipinski definition) is 2. The highest BCUT2D eigenvalue weighted by Gasteiger charge is 2.22. The van der Waals surface area contributed by atoms with Gasteiger partial charge in [0.05, 0.1) is 6.10 Å². The summed E-state index contributed by atoms with van der Waals surface area (Å²) in [6.45, 7) is 9.14. The van der Waals surface area contributed by atoms with Crippen molar-refractivity contribution in [3.8, 4) is 0 Å². The van der Waals surface area contributed by atoms with Crippen LogP contribution < -0.4 is 0 Å². The molecule has 0 amide bonds. The molecule has 0 saturated heterocycles. The van der Waals surface area contributed by atoms with Gasteiger partial charge in [0.2, 0.25) is 0 Å². The molecule has 1 aliphatic rings. The van der Waals surface area contributed by atoms with Gasteiger partial charge in [-0.15, -0.1) is 0 Å². The largest absolute Gasteiger partial charge is 0.393 e. The van der Waals surface area contributed by atoms with Crippen molar-refractivity contribution in [1.29, 1.82) is 0 Å². The maximum atomic E-state index is 9.64. The van der Waals surface area contributed by atoms with Crippen molar-refractivity contribution < 1.29 is 5.11 Å². The van der Waals surface area contributed by atoms with Crippen LogP contribution in [0.1, 0.15) is 72.1 Å². The maximum Gasteiger partial charge on any atom is 0.0538 e. The third-order valence-corrected chi connectivity index (χ3v) is 4.29. The van der Waals surface area contributed by atoms with Crippen LogP contribution in [0.5, 0.6) is 0 Å². The van der Waals surface area contributed by atoms with Crippen molar-refractivity contribution in [2.75, 3.05) is 13.1 Å². The number of aliphatic hydroxyl groups excluding tert-OH is 1. The molecule has 1 rings (SSSR count). The van der Waals surface area contributed by atoms with E-state index in [2.05, 4.69) is 25.7 Å². The Labute approximate surface area is 114 Å². The van der Waals surface area contributed by atoms with Gasteiger partial charge < -0.3 is 10.0 Å². The van der Waals surface area contributed by atoms with Crippen molar-refractivity contribution in [2.24, 2.45) is 5.92 Å². The van der Waals surface area contributed by atoms with E-state index < -0.39 is 0 Å². The molecular formula is C16H33NO. The zero-order valence-corrected chi connectivity index (χ0v) is 12.7. The normalized spacial score (nSPS) is 19.0. The van der Waals surface area contributed by atoms with E-state index in [0.29, 0.717) is 0 Å². The predicted molar refractivity (Wildman–Crippen MR) is 78.8 cm³/mol. The Balaban J connectivity index is 2.29. The Morgan fingerprint density at radius 2 is 1.78 bits per heavy atom. The molecule has 1 fully saturated rings. The SMILES string of the molecule is CCC(O)CCCN(CCC(C)C)C1CCCC1. The minimum atomic E-state index is -0.0828. The van der Waals surface area contributed by atoms with E-state index in [1.807, 2.05) is 0 Å². The summed E-state index contributed by atoms with van der Waals surface area (Å²) in [5.41, 5.74) is 0. The molecule has 108 valence electrons. The third-order valence-electron chi connectivity index (χ3n) is 4.29. The Kier molecular flexibility index (Phi) is 7.92. The van der Waals surface area contributed by atoms with E-state index in [-0.39, 0.29) is 6.10 Å². The molecule has 0 aromatic rings. The third kappa shape index (κ3) is 6.19. The molecule has 0 aromatic heterocycles. The van der Waals surface area contributed by atoms with Crippen LogP contribution in [0.15, 0.2) is 0 Å². The average Bonchev–Trinajstić information content (AvgIpc) is 2.86. The van der Waals surface area contributed by atoms with Gasteiger partial charge in [0, 0.05) is 6.04 Å². The lowest BCUT2D eigenvalue weighted by atomic mass is 10.1. The molecule has 1 aliphatic carbocycles. The van der Waals surface area contributed by atoms with E-state index in [9.17, 15) is 5.11 Å². The van der Waals surface area contributed by atoms with Gasteiger partial charge in [0.1, 0.15) is 0 Å². The summed E-state index contributed by atoms with van der Waals surface area (Å²) < 4.78 is 0. The first-order valence-electron chi connectivity index (χ1n) is 8.05. The first-order valence-corrected chi connectivity index (χ1v) is 8.05. The lowest BCUT2D eigenvalue weighted by molar-refractivity contribution is 0.137. The zero-order chi connectivity index (χ0) is 13.4. The molecule has 1 saturated carbocycles. The Morgan fingerprint density at radius 3 is 2.33 bits per heavy atom. The summed E-state index contributed by atoms with van der Waals surface area (Å²) in [7, 11) is 0. The van der Waals surface area contributed by atoms with E-state index in [1.165, 1.54) is 45.2 Å². The molecule has 18 heavy (non-hydrogen) atoms. The van der Waals surface area contributed by atoms with E-state index >= 15 is 0 Å². The van der Waals surface area contributed by atoms with Crippen LogP contribution in [0, 0.1) is 5.92 Å². The average molecular weight is 255 g/mol. The molecule has 1 unspecified atom stereocenters. The molecule has 2 heteroatoms. The second-order valence-electron chi connectivity index (χ2n) is 6.36. The standard InChI is InChI=1S/C16H33NO/c1-4-16(18)10-7-12-17(13-11-14(2)3)15-8-5-6-9-15/h14-16,18H,4-13H2,1-3H3. The summed E-state index contributed by atoms with van der Waals surface area (Å²) in [5.74, 6) is 0.801. The van der Waals surface area contributed by atoms with Crippen LogP contribution in [0.25, 0.3) is 0 Å². The summed E-state index contributed by atoms with van der Waals surface area (Å²) in [6, 6.07) is 0.836. The quantitative estimate of drug-likeness (QED) is 0.677. The molecular weight excluding hydrogens is 222 g/mol. The molecule has 0 spiro atoms. The number of rotatable bonds is 9. The second-order valence-corrected chi connectivity index (χ2v) is 6.36. The van der Waals surface area contributed by atoms with Crippen LogP contribution >= 0.6 is 0 Å². The van der Waals surface area contributed by atoms with Gasteiger partial charge in [-0.1, -0.05) is 33.6 Å². The summed E-state index contributed by atoms with van der Waals surface area (Å²) >= 11 is 0. The Hall–Kier alpha value is -0.0800. The van der Waals surface area contributed by atoms with Crippen molar-refractivity contribution in [1.82, 2.24) is 4.90 Å². The lowest BCUT2D eigenvalue weighted by Crippen LogP contribution is -2.35. The van der Waals surface area contributed by atoms with Gasteiger partial charge in [-0.05, 0) is 57.5 Å². The maximum absolute atomic E-state index is 9.64. The highest BCUT2D eigenvalue weighted by molar-refractivity contribution is 4.78. The van der Waals surface area contributed by atoms with E-state index in [1.54, 1.807) is 0 Å². The van der Waals surface area contributed by atoms with Crippen LogP contribution in [0.2, 0.25) is 0 Å². The number of hydrogen-bond donors (Lipinski definition) is 1. The molecule has 0 radical (unpaired) electrons. The van der Waals surface area contributed by atoms with E-state index in [0.717, 1.165) is 31.2 Å². The fraction of sp³-hybridized carbons (Fsp3) is 1.00. The van der Waals surface area contributed by atoms with Crippen molar-refractivity contribution in [3.63, 3.8) is 0 Å². The van der Waals surface area contributed by atoms with Gasteiger partial charge >= 0.3 is 0 Å². The summed E-state index contributed by atoms with van der Waals surface area (Å²) in [5, 5.41) is 9.64. The summed E-state index contributed by atoms with van der Waals surface area (Å²) in [4.78, 5) is 2.70. The highest BCUT2D eigenvalue weighted by Crippen LogP contribution is 2.24. The van der Waals surface area contributed by atoms with E-state index in [4.69, 9.17) is 0 Å².